The number of hydrogen-bond acceptors (Lipinski definition) is 5. The normalized spacial score (nSPS) is 15.0. The predicted octanol–water partition coefficient (Wildman–Crippen LogP) is 3.92. The van der Waals surface area contributed by atoms with E-state index in [4.69, 9.17) is 26.2 Å². The van der Waals surface area contributed by atoms with Crippen LogP contribution in [0.5, 0.6) is 5.75 Å². The SMILES string of the molecule is COC(=O)C1=C(C)N(c2ccc(OC)c(Cl)c2)C(=O)C1=Cc1ccc(C(=O)O)cc1. The van der Waals surface area contributed by atoms with Crippen LogP contribution in [-0.2, 0) is 14.3 Å². The third-order valence-electron chi connectivity index (χ3n) is 4.65. The standard InChI is InChI=1S/C22H18ClNO6/c1-12-19(22(28)30-3)16(10-13-4-6-14(7-5-13)21(26)27)20(25)24(12)15-8-9-18(29-2)17(23)11-15/h4-11H,1-3H3,(H,26,27). The van der Waals surface area contributed by atoms with Crippen LogP contribution in [0.15, 0.2) is 59.3 Å². The molecule has 1 aliphatic heterocycles. The van der Waals surface area contributed by atoms with Gasteiger partial charge in [-0.1, -0.05) is 23.7 Å². The summed E-state index contributed by atoms with van der Waals surface area (Å²) < 4.78 is 10.0. The molecule has 2 aromatic rings. The summed E-state index contributed by atoms with van der Waals surface area (Å²) in [5, 5.41) is 9.36. The van der Waals surface area contributed by atoms with Crippen molar-refractivity contribution >= 4 is 41.2 Å². The number of hydrogen-bond donors (Lipinski definition) is 1. The van der Waals surface area contributed by atoms with Gasteiger partial charge in [-0.2, -0.15) is 0 Å². The minimum absolute atomic E-state index is 0.115. The molecule has 2 aromatic carbocycles. The smallest absolute Gasteiger partial charge is 0.340 e. The van der Waals surface area contributed by atoms with Gasteiger partial charge in [-0.15, -0.1) is 0 Å². The molecule has 0 saturated carbocycles. The van der Waals surface area contributed by atoms with Crippen LogP contribution in [0.25, 0.3) is 6.08 Å². The summed E-state index contributed by atoms with van der Waals surface area (Å²) in [6.45, 7) is 1.64. The second-order valence-corrected chi connectivity index (χ2v) is 6.80. The molecule has 1 heterocycles. The summed E-state index contributed by atoms with van der Waals surface area (Å²) in [6.07, 6.45) is 1.52. The molecule has 3 rings (SSSR count). The molecule has 0 aliphatic carbocycles. The molecule has 30 heavy (non-hydrogen) atoms. The van der Waals surface area contributed by atoms with E-state index in [2.05, 4.69) is 0 Å². The number of halogens is 1. The summed E-state index contributed by atoms with van der Waals surface area (Å²) >= 11 is 6.20. The molecule has 0 aromatic heterocycles. The highest BCUT2D eigenvalue weighted by Gasteiger charge is 2.38. The van der Waals surface area contributed by atoms with E-state index in [1.165, 1.54) is 37.3 Å². The van der Waals surface area contributed by atoms with Gasteiger partial charge in [-0.05, 0) is 48.9 Å². The first-order chi connectivity index (χ1) is 14.3. The largest absolute Gasteiger partial charge is 0.495 e. The summed E-state index contributed by atoms with van der Waals surface area (Å²) in [5.41, 5.74) is 1.79. The topological polar surface area (TPSA) is 93.1 Å². The molecule has 0 radical (unpaired) electrons. The lowest BCUT2D eigenvalue weighted by atomic mass is 10.0. The van der Waals surface area contributed by atoms with E-state index in [0.717, 1.165) is 0 Å². The van der Waals surface area contributed by atoms with E-state index in [9.17, 15) is 14.4 Å². The molecule has 8 heteroatoms. The van der Waals surface area contributed by atoms with Crippen LogP contribution in [0.3, 0.4) is 0 Å². The minimum Gasteiger partial charge on any atom is -0.495 e. The Kier molecular flexibility index (Phi) is 5.94. The molecule has 1 amide bonds. The third-order valence-corrected chi connectivity index (χ3v) is 4.95. The van der Waals surface area contributed by atoms with E-state index >= 15 is 0 Å². The maximum absolute atomic E-state index is 13.2. The quantitative estimate of drug-likeness (QED) is 0.574. The van der Waals surface area contributed by atoms with Crippen LogP contribution in [-0.4, -0.2) is 37.2 Å². The van der Waals surface area contributed by atoms with Crippen molar-refractivity contribution in [3.8, 4) is 5.75 Å². The Morgan fingerprint density at radius 2 is 1.77 bits per heavy atom. The lowest BCUT2D eigenvalue weighted by Gasteiger charge is -2.19. The molecule has 7 nitrogen and oxygen atoms in total. The first-order valence-corrected chi connectivity index (χ1v) is 9.19. The maximum atomic E-state index is 13.2. The fourth-order valence-electron chi connectivity index (χ4n) is 3.17. The molecular weight excluding hydrogens is 410 g/mol. The number of aromatic carboxylic acids is 1. The zero-order chi connectivity index (χ0) is 22.0. The number of allylic oxidation sites excluding steroid dienone is 1. The zero-order valence-corrected chi connectivity index (χ0v) is 17.2. The van der Waals surface area contributed by atoms with Gasteiger partial charge in [-0.25, -0.2) is 9.59 Å². The Bertz CT molecular complexity index is 1100. The van der Waals surface area contributed by atoms with Crippen LogP contribution < -0.4 is 9.64 Å². The number of amides is 1. The van der Waals surface area contributed by atoms with Crippen molar-refractivity contribution < 1.29 is 29.0 Å². The van der Waals surface area contributed by atoms with Gasteiger partial charge in [0.05, 0.1) is 41.6 Å². The molecule has 0 spiro atoms. The van der Waals surface area contributed by atoms with Gasteiger partial charge in [0.2, 0.25) is 0 Å². The zero-order valence-electron chi connectivity index (χ0n) is 16.4. The summed E-state index contributed by atoms with van der Waals surface area (Å²) in [5.74, 6) is -1.69. The van der Waals surface area contributed by atoms with Crippen LogP contribution in [0, 0.1) is 0 Å². The van der Waals surface area contributed by atoms with Gasteiger partial charge in [0.15, 0.2) is 0 Å². The van der Waals surface area contributed by atoms with Crippen molar-refractivity contribution in [1.82, 2.24) is 0 Å². The molecule has 0 fully saturated rings. The van der Waals surface area contributed by atoms with Crippen LogP contribution in [0.1, 0.15) is 22.8 Å². The monoisotopic (exact) mass is 427 g/mol. The number of carboxylic acids is 1. The number of nitrogens with zero attached hydrogens (tertiary/aromatic N) is 1. The number of rotatable bonds is 5. The van der Waals surface area contributed by atoms with Gasteiger partial charge < -0.3 is 14.6 Å². The third kappa shape index (κ3) is 3.79. The predicted molar refractivity (Wildman–Crippen MR) is 112 cm³/mol. The minimum atomic E-state index is -1.06. The lowest BCUT2D eigenvalue weighted by Crippen LogP contribution is -2.24. The number of ether oxygens (including phenoxy) is 2. The molecule has 0 atom stereocenters. The highest BCUT2D eigenvalue weighted by molar-refractivity contribution is 6.32. The van der Waals surface area contributed by atoms with E-state index in [1.807, 2.05) is 0 Å². The Hall–Kier alpha value is -3.58. The molecule has 0 saturated heterocycles. The van der Waals surface area contributed by atoms with Crippen LogP contribution in [0.4, 0.5) is 5.69 Å². The Balaban J connectivity index is 2.09. The fourth-order valence-corrected chi connectivity index (χ4v) is 3.43. The van der Waals surface area contributed by atoms with Gasteiger partial charge in [0.1, 0.15) is 5.75 Å². The van der Waals surface area contributed by atoms with Crippen molar-refractivity contribution in [3.63, 3.8) is 0 Å². The van der Waals surface area contributed by atoms with Gasteiger partial charge in [0, 0.05) is 5.70 Å². The number of carbonyl (C=O) groups excluding carboxylic acids is 2. The second kappa shape index (κ2) is 8.42. The van der Waals surface area contributed by atoms with Crippen LogP contribution in [0.2, 0.25) is 5.02 Å². The van der Waals surface area contributed by atoms with Crippen molar-refractivity contribution in [2.24, 2.45) is 0 Å². The summed E-state index contributed by atoms with van der Waals surface area (Å²) in [6, 6.07) is 10.8. The average Bonchev–Trinajstić information content (AvgIpc) is 2.97. The fraction of sp³-hybridized carbons (Fsp3) is 0.136. The maximum Gasteiger partial charge on any atom is 0.340 e. The highest BCUT2D eigenvalue weighted by atomic mass is 35.5. The van der Waals surface area contributed by atoms with Crippen molar-refractivity contribution in [3.05, 3.63) is 75.5 Å². The molecular formula is C22H18ClNO6. The molecule has 0 unspecified atom stereocenters. The van der Waals surface area contributed by atoms with Crippen molar-refractivity contribution in [2.45, 2.75) is 6.92 Å². The first-order valence-electron chi connectivity index (χ1n) is 8.81. The number of anilines is 1. The van der Waals surface area contributed by atoms with E-state index in [-0.39, 0.29) is 16.7 Å². The second-order valence-electron chi connectivity index (χ2n) is 6.40. The molecule has 1 aliphatic rings. The van der Waals surface area contributed by atoms with Crippen LogP contribution >= 0.6 is 11.6 Å². The van der Waals surface area contributed by atoms with E-state index in [1.54, 1.807) is 37.3 Å². The lowest BCUT2D eigenvalue weighted by molar-refractivity contribution is -0.136. The number of benzene rings is 2. The summed E-state index contributed by atoms with van der Waals surface area (Å²) in [7, 11) is 2.72. The first kappa shape index (κ1) is 21.1. The van der Waals surface area contributed by atoms with E-state index in [0.29, 0.717) is 27.7 Å². The number of carbonyl (C=O) groups is 3. The molecule has 0 bridgehead atoms. The Labute approximate surface area is 177 Å². The van der Waals surface area contributed by atoms with Crippen molar-refractivity contribution in [1.29, 1.82) is 0 Å². The number of esters is 1. The highest BCUT2D eigenvalue weighted by Crippen LogP contribution is 2.38. The number of methoxy groups -OCH3 is 2. The van der Waals surface area contributed by atoms with Gasteiger partial charge in [0.25, 0.3) is 5.91 Å². The number of carboxylic acid groups (broad SMARTS) is 1. The van der Waals surface area contributed by atoms with Crippen molar-refractivity contribution in [2.75, 3.05) is 19.1 Å². The Morgan fingerprint density at radius 3 is 2.30 bits per heavy atom. The Morgan fingerprint density at radius 1 is 1.10 bits per heavy atom. The molecule has 1 N–H and O–H groups in total. The van der Waals surface area contributed by atoms with E-state index < -0.39 is 17.8 Å². The molecule has 154 valence electrons. The van der Waals surface area contributed by atoms with Gasteiger partial charge >= 0.3 is 11.9 Å². The van der Waals surface area contributed by atoms with Gasteiger partial charge in [-0.3, -0.25) is 9.69 Å². The average molecular weight is 428 g/mol. The summed E-state index contributed by atoms with van der Waals surface area (Å²) in [4.78, 5) is 38.1.